The Kier molecular flexibility index (Phi) is 3.64. The van der Waals surface area contributed by atoms with Crippen LogP contribution in [0, 0.1) is 0 Å². The molecule has 0 aliphatic rings. The van der Waals surface area contributed by atoms with E-state index in [0.29, 0.717) is 0 Å². The van der Waals surface area contributed by atoms with Crippen LogP contribution in [0.4, 0.5) is 0 Å². The molecule has 0 aliphatic heterocycles. The number of aliphatic hydroxyl groups is 2. The fourth-order valence-electron chi connectivity index (χ4n) is 0.550. The molecule has 0 bridgehead atoms. The second-order valence-electron chi connectivity index (χ2n) is 3.43. The molecule has 0 heterocycles. The first-order valence-electron chi connectivity index (χ1n) is 3.40. The third-order valence-corrected chi connectivity index (χ3v) is 2.18. The van der Waals surface area contributed by atoms with E-state index in [0.717, 1.165) is 0 Å². The van der Waals surface area contributed by atoms with E-state index in [1.54, 1.807) is 0 Å². The van der Waals surface area contributed by atoms with Crippen molar-refractivity contribution in [2.75, 3.05) is 0 Å². The van der Waals surface area contributed by atoms with E-state index in [2.05, 4.69) is 0 Å². The van der Waals surface area contributed by atoms with Crippen LogP contribution in [0.25, 0.3) is 0 Å². The van der Waals surface area contributed by atoms with Crippen LogP contribution in [0.3, 0.4) is 0 Å². The molecular weight excluding hydrogens is 187 g/mol. The van der Waals surface area contributed by atoms with E-state index in [1.165, 1.54) is 20.8 Å². The molecule has 0 radical (unpaired) electrons. The summed E-state index contributed by atoms with van der Waals surface area (Å²) in [5.41, 5.74) is -2.43. The van der Waals surface area contributed by atoms with Gasteiger partial charge in [-0.2, -0.15) is 0 Å². The van der Waals surface area contributed by atoms with Gasteiger partial charge in [0, 0.05) is 6.42 Å². The molecule has 0 saturated carbocycles. The van der Waals surface area contributed by atoms with Crippen LogP contribution >= 0.6 is 23.2 Å². The van der Waals surface area contributed by atoms with Crippen molar-refractivity contribution in [1.82, 2.24) is 0 Å². The minimum atomic E-state index is -1.25. The largest absolute Gasteiger partial charge is 0.387 e. The van der Waals surface area contributed by atoms with Gasteiger partial charge >= 0.3 is 0 Å². The monoisotopic (exact) mass is 200 g/mol. The minimum absolute atomic E-state index is 0.152. The van der Waals surface area contributed by atoms with Crippen molar-refractivity contribution in [3.8, 4) is 0 Å². The van der Waals surface area contributed by atoms with Crippen molar-refractivity contribution >= 4 is 23.2 Å². The third kappa shape index (κ3) is 3.61. The molecule has 0 rings (SSSR count). The van der Waals surface area contributed by atoms with Crippen LogP contribution in [-0.4, -0.2) is 26.3 Å². The van der Waals surface area contributed by atoms with Crippen molar-refractivity contribution in [2.45, 2.75) is 43.2 Å². The first-order chi connectivity index (χ1) is 4.67. The summed E-state index contributed by atoms with van der Waals surface area (Å²) in [6.07, 6.45) is 0.152. The highest BCUT2D eigenvalue weighted by atomic mass is 35.5. The Hall–Kier alpha value is 0.500. The first-order valence-corrected chi connectivity index (χ1v) is 4.27. The van der Waals surface area contributed by atoms with Gasteiger partial charge in [0.2, 0.25) is 0 Å². The van der Waals surface area contributed by atoms with Crippen molar-refractivity contribution in [3.63, 3.8) is 0 Å². The highest BCUT2D eigenvalue weighted by Gasteiger charge is 2.38. The molecule has 0 spiro atoms. The maximum atomic E-state index is 9.60. The van der Waals surface area contributed by atoms with E-state index < -0.39 is 16.0 Å². The van der Waals surface area contributed by atoms with Gasteiger partial charge in [-0.3, -0.25) is 0 Å². The van der Waals surface area contributed by atoms with Gasteiger partial charge in [-0.05, 0) is 20.8 Å². The van der Waals surface area contributed by atoms with Gasteiger partial charge in [0.1, 0.15) is 4.84 Å². The summed E-state index contributed by atoms with van der Waals surface area (Å²) in [4.78, 5) is -0.656. The van der Waals surface area contributed by atoms with Gasteiger partial charge in [0.15, 0.2) is 0 Å². The molecule has 1 atom stereocenters. The highest BCUT2D eigenvalue weighted by molar-refractivity contribution is 6.44. The lowest BCUT2D eigenvalue weighted by Crippen LogP contribution is -2.48. The maximum Gasteiger partial charge on any atom is 0.110 e. The molecule has 2 N–H and O–H groups in total. The topological polar surface area (TPSA) is 40.5 Å². The first kappa shape index (κ1) is 11.5. The summed E-state index contributed by atoms with van der Waals surface area (Å²) < 4.78 is 0. The maximum absolute atomic E-state index is 9.60. The zero-order chi connectivity index (χ0) is 9.28. The average Bonchev–Trinajstić information content (AvgIpc) is 1.56. The number of alkyl halides is 2. The van der Waals surface area contributed by atoms with E-state index >= 15 is 0 Å². The quantitative estimate of drug-likeness (QED) is 0.682. The zero-order valence-electron chi connectivity index (χ0n) is 6.93. The van der Waals surface area contributed by atoms with Gasteiger partial charge < -0.3 is 10.2 Å². The minimum Gasteiger partial charge on any atom is -0.387 e. The molecule has 0 aliphatic carbocycles. The van der Waals surface area contributed by atoms with E-state index in [4.69, 9.17) is 23.2 Å². The van der Waals surface area contributed by atoms with Gasteiger partial charge in [0.25, 0.3) is 0 Å². The smallest absolute Gasteiger partial charge is 0.110 e. The Morgan fingerprint density at radius 3 is 1.64 bits per heavy atom. The second-order valence-corrected chi connectivity index (χ2v) is 4.71. The van der Waals surface area contributed by atoms with Gasteiger partial charge in [0.05, 0.1) is 11.2 Å². The molecule has 1 unspecified atom stereocenters. The number of rotatable bonds is 3. The predicted molar refractivity (Wildman–Crippen MR) is 47.0 cm³/mol. The highest BCUT2D eigenvalue weighted by Crippen LogP contribution is 2.28. The van der Waals surface area contributed by atoms with Crippen LogP contribution in [0.2, 0.25) is 0 Å². The Labute approximate surface area is 77.1 Å². The molecule has 0 aromatic rings. The summed E-state index contributed by atoms with van der Waals surface area (Å²) in [5.74, 6) is 0. The van der Waals surface area contributed by atoms with Gasteiger partial charge in [-0.15, -0.1) is 23.2 Å². The van der Waals surface area contributed by atoms with Gasteiger partial charge in [-0.1, -0.05) is 0 Å². The SMILES string of the molecule is CC(C)(O)C(C)(O)CC(Cl)Cl. The summed E-state index contributed by atoms with van der Waals surface area (Å²) >= 11 is 10.9. The van der Waals surface area contributed by atoms with E-state index in [1.807, 2.05) is 0 Å². The number of hydrogen-bond acceptors (Lipinski definition) is 2. The molecule has 0 saturated heterocycles. The fraction of sp³-hybridized carbons (Fsp3) is 1.00. The molecule has 2 nitrogen and oxygen atoms in total. The molecule has 0 aromatic heterocycles. The zero-order valence-corrected chi connectivity index (χ0v) is 8.45. The van der Waals surface area contributed by atoms with Crippen LogP contribution in [0.15, 0.2) is 0 Å². The number of halogens is 2. The lowest BCUT2D eigenvalue weighted by Gasteiger charge is -2.35. The van der Waals surface area contributed by atoms with Crippen molar-refractivity contribution in [2.24, 2.45) is 0 Å². The van der Waals surface area contributed by atoms with Gasteiger partial charge in [-0.25, -0.2) is 0 Å². The Bertz CT molecular complexity index is 127. The molecule has 11 heavy (non-hydrogen) atoms. The second kappa shape index (κ2) is 3.48. The van der Waals surface area contributed by atoms with Crippen molar-refractivity contribution in [3.05, 3.63) is 0 Å². The molecule has 0 fully saturated rings. The molecule has 68 valence electrons. The normalized spacial score (nSPS) is 18.5. The lowest BCUT2D eigenvalue weighted by atomic mass is 9.85. The Morgan fingerprint density at radius 2 is 1.55 bits per heavy atom. The van der Waals surface area contributed by atoms with Crippen LogP contribution in [0.1, 0.15) is 27.2 Å². The molecular formula is C7H14Cl2O2. The lowest BCUT2D eigenvalue weighted by molar-refractivity contribution is -0.121. The standard InChI is InChI=1S/C7H14Cl2O2/c1-6(2,10)7(3,11)4-5(8)9/h5,10-11H,4H2,1-3H3. The number of hydrogen-bond donors (Lipinski definition) is 2. The predicted octanol–water partition coefficient (Wildman–Crippen LogP) is 1.70. The molecule has 4 heteroatoms. The van der Waals surface area contributed by atoms with Crippen molar-refractivity contribution < 1.29 is 10.2 Å². The summed E-state index contributed by atoms with van der Waals surface area (Å²) in [5, 5.41) is 19.0. The van der Waals surface area contributed by atoms with Crippen molar-refractivity contribution in [1.29, 1.82) is 0 Å². The summed E-state index contributed by atoms with van der Waals surface area (Å²) in [6.45, 7) is 4.54. The third-order valence-electron chi connectivity index (χ3n) is 1.87. The summed E-state index contributed by atoms with van der Waals surface area (Å²) in [7, 11) is 0. The van der Waals surface area contributed by atoms with Crippen LogP contribution in [-0.2, 0) is 0 Å². The fourth-order valence-corrected chi connectivity index (χ4v) is 1.15. The Morgan fingerprint density at radius 1 is 1.18 bits per heavy atom. The molecule has 0 amide bonds. The average molecular weight is 201 g/mol. The molecule has 0 aromatic carbocycles. The summed E-state index contributed by atoms with van der Waals surface area (Å²) in [6, 6.07) is 0. The van der Waals surface area contributed by atoms with E-state index in [9.17, 15) is 10.2 Å². The Balaban J connectivity index is 4.22. The van der Waals surface area contributed by atoms with Crippen LogP contribution in [0.5, 0.6) is 0 Å². The van der Waals surface area contributed by atoms with E-state index in [-0.39, 0.29) is 6.42 Å². The van der Waals surface area contributed by atoms with Crippen LogP contribution < -0.4 is 0 Å².